The van der Waals surface area contributed by atoms with E-state index in [4.69, 9.17) is 9.47 Å². The van der Waals surface area contributed by atoms with Crippen LogP contribution in [0, 0.1) is 0 Å². The van der Waals surface area contributed by atoms with E-state index in [-0.39, 0.29) is 11.9 Å². The summed E-state index contributed by atoms with van der Waals surface area (Å²) >= 11 is 0. The molecule has 0 aliphatic heterocycles. The average molecular weight is 464 g/mol. The minimum Gasteiger partial charge on any atom is -0.444 e. The number of hydrogen-bond donors (Lipinski definition) is 3. The largest absolute Gasteiger partial charge is 0.444 e. The minimum atomic E-state index is -0.736. The summed E-state index contributed by atoms with van der Waals surface area (Å²) in [6.45, 7) is 13.1. The van der Waals surface area contributed by atoms with Crippen LogP contribution >= 0.6 is 0 Å². The van der Waals surface area contributed by atoms with Gasteiger partial charge >= 0.3 is 12.2 Å². The van der Waals surface area contributed by atoms with Gasteiger partial charge in [-0.1, -0.05) is 30.3 Å². The first-order chi connectivity index (χ1) is 15.2. The normalized spacial score (nSPS) is 13.4. The molecule has 1 aromatic rings. The summed E-state index contributed by atoms with van der Waals surface area (Å²) in [5.74, 6) is -0.260. The van der Waals surface area contributed by atoms with E-state index >= 15 is 0 Å². The number of carbonyl (C=O) groups is 3. The number of unbranched alkanes of at least 4 members (excludes halogenated alkanes) is 1. The smallest absolute Gasteiger partial charge is 0.408 e. The van der Waals surface area contributed by atoms with Gasteiger partial charge in [-0.05, 0) is 79.7 Å². The van der Waals surface area contributed by atoms with E-state index in [1.54, 1.807) is 41.5 Å². The Hall–Kier alpha value is -2.77. The first-order valence-corrected chi connectivity index (χ1v) is 11.6. The quantitative estimate of drug-likeness (QED) is 0.448. The van der Waals surface area contributed by atoms with Crippen molar-refractivity contribution in [3.8, 4) is 0 Å². The molecule has 3 N–H and O–H groups in total. The Labute approximate surface area is 198 Å². The maximum Gasteiger partial charge on any atom is 0.408 e. The predicted molar refractivity (Wildman–Crippen MR) is 129 cm³/mol. The van der Waals surface area contributed by atoms with Gasteiger partial charge in [-0.3, -0.25) is 4.79 Å². The van der Waals surface area contributed by atoms with E-state index in [9.17, 15) is 14.4 Å². The third-order valence-electron chi connectivity index (χ3n) is 4.37. The molecule has 0 fully saturated rings. The van der Waals surface area contributed by atoms with Crippen LogP contribution in [0.1, 0.15) is 73.3 Å². The molecule has 3 amide bonds. The molecule has 0 aliphatic carbocycles. The highest BCUT2D eigenvalue weighted by Crippen LogP contribution is 2.10. The van der Waals surface area contributed by atoms with Crippen molar-refractivity contribution in [3.05, 3.63) is 35.9 Å². The lowest BCUT2D eigenvalue weighted by molar-refractivity contribution is -0.124. The van der Waals surface area contributed by atoms with Crippen LogP contribution in [0.25, 0.3) is 0 Å². The molecule has 2 atom stereocenters. The van der Waals surface area contributed by atoms with E-state index in [2.05, 4.69) is 16.0 Å². The molecular formula is C25H41N3O5. The summed E-state index contributed by atoms with van der Waals surface area (Å²) in [7, 11) is 0. The summed E-state index contributed by atoms with van der Waals surface area (Å²) in [4.78, 5) is 36.9. The molecule has 0 aliphatic rings. The molecule has 0 bridgehead atoms. The van der Waals surface area contributed by atoms with E-state index in [0.29, 0.717) is 32.2 Å². The monoisotopic (exact) mass is 463 g/mol. The third kappa shape index (κ3) is 14.1. The van der Waals surface area contributed by atoms with Crippen molar-refractivity contribution in [1.82, 2.24) is 16.0 Å². The second-order valence-electron chi connectivity index (χ2n) is 10.2. The lowest BCUT2D eigenvalue weighted by Crippen LogP contribution is -2.50. The van der Waals surface area contributed by atoms with Crippen LogP contribution in [0.4, 0.5) is 9.59 Å². The van der Waals surface area contributed by atoms with Gasteiger partial charge in [0.25, 0.3) is 0 Å². The minimum absolute atomic E-state index is 0.100. The molecule has 8 nitrogen and oxygen atoms in total. The fourth-order valence-electron chi connectivity index (χ4n) is 3.06. The van der Waals surface area contributed by atoms with Gasteiger partial charge in [0.2, 0.25) is 5.91 Å². The lowest BCUT2D eigenvalue weighted by atomic mass is 10.1. The van der Waals surface area contributed by atoms with E-state index in [1.165, 1.54) is 0 Å². The maximum absolute atomic E-state index is 12.9. The van der Waals surface area contributed by atoms with Gasteiger partial charge in [-0.2, -0.15) is 0 Å². The van der Waals surface area contributed by atoms with E-state index in [0.717, 1.165) is 5.56 Å². The van der Waals surface area contributed by atoms with Crippen LogP contribution in [0.2, 0.25) is 0 Å². The topological polar surface area (TPSA) is 106 Å². The van der Waals surface area contributed by atoms with Gasteiger partial charge in [0, 0.05) is 12.6 Å². The Morgan fingerprint density at radius 2 is 1.42 bits per heavy atom. The number of amides is 3. The van der Waals surface area contributed by atoms with Crippen molar-refractivity contribution >= 4 is 18.1 Å². The van der Waals surface area contributed by atoms with Crippen LogP contribution in [-0.2, 0) is 20.7 Å². The van der Waals surface area contributed by atoms with Crippen molar-refractivity contribution in [2.75, 3.05) is 6.54 Å². The van der Waals surface area contributed by atoms with Crippen LogP contribution in [-0.4, -0.2) is 47.9 Å². The lowest BCUT2D eigenvalue weighted by Gasteiger charge is -2.24. The Morgan fingerprint density at radius 3 is 2.00 bits per heavy atom. The molecule has 0 heterocycles. The summed E-state index contributed by atoms with van der Waals surface area (Å²) in [5, 5.41) is 8.37. The van der Waals surface area contributed by atoms with Crippen LogP contribution in [0.3, 0.4) is 0 Å². The molecule has 0 saturated carbocycles. The van der Waals surface area contributed by atoms with Gasteiger partial charge < -0.3 is 25.4 Å². The second-order valence-corrected chi connectivity index (χ2v) is 10.2. The third-order valence-corrected chi connectivity index (χ3v) is 4.37. The number of carbonyl (C=O) groups excluding carboxylic acids is 3. The number of hydrogen-bond acceptors (Lipinski definition) is 5. The molecule has 0 saturated heterocycles. The number of rotatable bonds is 10. The van der Waals surface area contributed by atoms with Gasteiger partial charge in [-0.15, -0.1) is 0 Å². The Bertz CT molecular complexity index is 754. The molecular weight excluding hydrogens is 422 g/mol. The highest BCUT2D eigenvalue weighted by atomic mass is 16.6. The molecule has 1 rings (SSSR count). The van der Waals surface area contributed by atoms with Gasteiger partial charge in [0.1, 0.15) is 17.2 Å². The molecule has 0 spiro atoms. The molecule has 186 valence electrons. The van der Waals surface area contributed by atoms with Crippen molar-refractivity contribution in [1.29, 1.82) is 0 Å². The number of benzene rings is 1. The number of nitrogens with one attached hydrogen (secondary N) is 3. The predicted octanol–water partition coefficient (Wildman–Crippen LogP) is 4.32. The fourth-order valence-corrected chi connectivity index (χ4v) is 3.06. The average Bonchev–Trinajstić information content (AvgIpc) is 2.64. The van der Waals surface area contributed by atoms with Gasteiger partial charge in [0.15, 0.2) is 0 Å². The number of alkyl carbamates (subject to hydrolysis) is 2. The highest BCUT2D eigenvalue weighted by molar-refractivity contribution is 5.85. The van der Waals surface area contributed by atoms with Crippen LogP contribution in [0.15, 0.2) is 30.3 Å². The zero-order valence-corrected chi connectivity index (χ0v) is 21.1. The van der Waals surface area contributed by atoms with Crippen molar-refractivity contribution in [2.45, 2.75) is 97.4 Å². The Morgan fingerprint density at radius 1 is 0.848 bits per heavy atom. The summed E-state index contributed by atoms with van der Waals surface area (Å²) in [6.07, 6.45) is 1.25. The summed E-state index contributed by atoms with van der Waals surface area (Å²) < 4.78 is 10.5. The fraction of sp³-hybridized carbons (Fsp3) is 0.640. The van der Waals surface area contributed by atoms with Crippen molar-refractivity contribution in [2.24, 2.45) is 0 Å². The van der Waals surface area contributed by atoms with E-state index < -0.39 is 29.4 Å². The van der Waals surface area contributed by atoms with Gasteiger partial charge in [0.05, 0.1) is 0 Å². The molecule has 8 heteroatoms. The molecule has 33 heavy (non-hydrogen) atoms. The van der Waals surface area contributed by atoms with Crippen LogP contribution in [0.5, 0.6) is 0 Å². The number of ether oxygens (including phenoxy) is 2. The zero-order chi connectivity index (χ0) is 25.1. The van der Waals surface area contributed by atoms with E-state index in [1.807, 2.05) is 37.3 Å². The maximum atomic E-state index is 12.9. The summed E-state index contributed by atoms with van der Waals surface area (Å²) in [6, 6.07) is 9.05. The first kappa shape index (κ1) is 28.3. The van der Waals surface area contributed by atoms with Crippen molar-refractivity contribution < 1.29 is 23.9 Å². The summed E-state index contributed by atoms with van der Waals surface area (Å²) in [5.41, 5.74) is -0.0976. The first-order valence-electron chi connectivity index (χ1n) is 11.6. The molecule has 0 unspecified atom stereocenters. The standard InChI is InChI=1S/C25H41N3O5/c1-18(17-19-13-9-8-10-14-19)27-21(29)20(28-23(31)33-25(5,6)7)15-11-12-16-26-22(30)32-24(2,3)4/h8-10,13-14,18,20H,11-12,15-17H2,1-7H3,(H,26,30)(H,27,29)(H,28,31)/t18-,20-/m1/s1. The zero-order valence-electron chi connectivity index (χ0n) is 21.1. The molecule has 0 aromatic heterocycles. The second kappa shape index (κ2) is 13.1. The van der Waals surface area contributed by atoms with Crippen LogP contribution < -0.4 is 16.0 Å². The molecule has 1 aromatic carbocycles. The van der Waals surface area contributed by atoms with Gasteiger partial charge in [-0.25, -0.2) is 9.59 Å². The SMILES string of the molecule is C[C@H](Cc1ccccc1)NC(=O)[C@@H](CCCCNC(=O)OC(C)(C)C)NC(=O)OC(C)(C)C. The Kier molecular flexibility index (Phi) is 11.2. The van der Waals surface area contributed by atoms with Crippen molar-refractivity contribution in [3.63, 3.8) is 0 Å². The Balaban J connectivity index is 2.59. The highest BCUT2D eigenvalue weighted by Gasteiger charge is 2.25. The molecule has 0 radical (unpaired) electrons.